The van der Waals surface area contributed by atoms with Crippen molar-refractivity contribution >= 4 is 11.0 Å². The number of nitrogens with zero attached hydrogens (tertiary/aromatic N) is 5. The molecule has 7 nitrogen and oxygen atoms in total. The lowest BCUT2D eigenvalue weighted by Crippen LogP contribution is -2.40. The zero-order valence-corrected chi connectivity index (χ0v) is 21.8. The fraction of sp³-hybridized carbons (Fsp3) is 0.276. The van der Waals surface area contributed by atoms with Gasteiger partial charge in [0.25, 0.3) is 0 Å². The van der Waals surface area contributed by atoms with Gasteiger partial charge in [-0.05, 0) is 41.8 Å². The summed E-state index contributed by atoms with van der Waals surface area (Å²) in [6.45, 7) is 4.00. The highest BCUT2D eigenvalue weighted by Crippen LogP contribution is 2.42. The summed E-state index contributed by atoms with van der Waals surface area (Å²) < 4.78 is 65.8. The van der Waals surface area contributed by atoms with Crippen LogP contribution in [0, 0.1) is 5.82 Å². The van der Waals surface area contributed by atoms with Gasteiger partial charge in [0.15, 0.2) is 5.82 Å². The van der Waals surface area contributed by atoms with Gasteiger partial charge in [0.2, 0.25) is 0 Å². The van der Waals surface area contributed by atoms with E-state index in [2.05, 4.69) is 25.1 Å². The van der Waals surface area contributed by atoms with Crippen molar-refractivity contribution in [2.75, 3.05) is 19.7 Å². The molecule has 206 valence electrons. The Kier molecular flexibility index (Phi) is 6.63. The van der Waals surface area contributed by atoms with Gasteiger partial charge in [0.05, 0.1) is 34.9 Å². The average Bonchev–Trinajstić information content (AvgIpc) is 3.53. The van der Waals surface area contributed by atoms with Gasteiger partial charge in [-0.3, -0.25) is 4.90 Å². The summed E-state index contributed by atoms with van der Waals surface area (Å²) in [5, 5.41) is 8.16. The number of aryl methyl sites for hydroxylation is 1. The van der Waals surface area contributed by atoms with E-state index in [1.165, 1.54) is 12.4 Å². The molecule has 0 spiro atoms. The maximum Gasteiger partial charge on any atom is 0.418 e. The number of ether oxygens (including phenoxy) is 1. The van der Waals surface area contributed by atoms with Gasteiger partial charge in [0.1, 0.15) is 18.0 Å². The van der Waals surface area contributed by atoms with Crippen molar-refractivity contribution in [1.82, 2.24) is 29.6 Å². The van der Waals surface area contributed by atoms with Crippen molar-refractivity contribution in [2.45, 2.75) is 25.7 Å². The number of hydrogen-bond acceptors (Lipinski definition) is 5. The van der Waals surface area contributed by atoms with Crippen LogP contribution < -0.4 is 0 Å². The van der Waals surface area contributed by atoms with Gasteiger partial charge >= 0.3 is 6.18 Å². The van der Waals surface area contributed by atoms with Gasteiger partial charge in [-0.15, -0.1) is 10.2 Å². The predicted molar refractivity (Wildman–Crippen MR) is 143 cm³/mol. The van der Waals surface area contributed by atoms with Gasteiger partial charge in [0, 0.05) is 32.2 Å². The van der Waals surface area contributed by atoms with Crippen LogP contribution in [0.5, 0.6) is 0 Å². The van der Waals surface area contributed by atoms with E-state index in [1.54, 1.807) is 23.7 Å². The molecule has 1 aliphatic rings. The maximum absolute atomic E-state index is 15.7. The summed E-state index contributed by atoms with van der Waals surface area (Å²) in [5.74, 6) is -0.314. The molecule has 0 saturated carbocycles. The van der Waals surface area contributed by atoms with Gasteiger partial charge < -0.3 is 14.3 Å². The summed E-state index contributed by atoms with van der Waals surface area (Å²) >= 11 is 0. The number of aromatic nitrogens is 5. The smallest absolute Gasteiger partial charge is 0.376 e. The fourth-order valence-electron chi connectivity index (χ4n) is 5.31. The Labute approximate surface area is 227 Å². The Morgan fingerprint density at radius 1 is 1.07 bits per heavy atom. The van der Waals surface area contributed by atoms with Crippen LogP contribution in [-0.4, -0.2) is 55.4 Å². The number of nitrogens with one attached hydrogen (secondary N) is 1. The minimum absolute atomic E-state index is 0.00421. The molecule has 40 heavy (non-hydrogen) atoms. The van der Waals surface area contributed by atoms with Crippen LogP contribution in [0.3, 0.4) is 0 Å². The fourth-order valence-corrected chi connectivity index (χ4v) is 5.31. The van der Waals surface area contributed by atoms with E-state index >= 15 is 4.39 Å². The van der Waals surface area contributed by atoms with Crippen LogP contribution in [0.25, 0.3) is 44.9 Å². The lowest BCUT2D eigenvalue weighted by Gasteiger charge is -2.31. The number of aromatic amines is 1. The number of alkyl halides is 3. The average molecular weight is 551 g/mol. The molecule has 0 radical (unpaired) electrons. The Morgan fingerprint density at radius 3 is 2.58 bits per heavy atom. The first-order chi connectivity index (χ1) is 19.2. The summed E-state index contributed by atoms with van der Waals surface area (Å²) in [7, 11) is 1.72. The predicted octanol–water partition coefficient (Wildman–Crippen LogP) is 6.07. The van der Waals surface area contributed by atoms with Crippen LogP contribution in [0.4, 0.5) is 17.6 Å². The number of hydrogen-bond donors (Lipinski definition) is 1. The number of halogens is 4. The summed E-state index contributed by atoms with van der Waals surface area (Å²) in [6, 6.07) is 15.0. The molecule has 0 amide bonds. The summed E-state index contributed by atoms with van der Waals surface area (Å²) in [5.41, 5.74) is 1.36. The zero-order valence-electron chi connectivity index (χ0n) is 21.8. The lowest BCUT2D eigenvalue weighted by atomic mass is 9.94. The number of benzene rings is 3. The molecule has 0 bridgehead atoms. The second kappa shape index (κ2) is 10.1. The second-order valence-electron chi connectivity index (χ2n) is 10.0. The molecule has 6 rings (SSSR count). The third kappa shape index (κ3) is 4.86. The minimum atomic E-state index is -4.65. The zero-order chi connectivity index (χ0) is 28.0. The van der Waals surface area contributed by atoms with E-state index < -0.39 is 17.6 Å². The Balaban J connectivity index is 1.55. The molecular weight excluding hydrogens is 524 g/mol. The van der Waals surface area contributed by atoms with Gasteiger partial charge in [-0.2, -0.15) is 13.2 Å². The maximum atomic E-state index is 15.7. The first kappa shape index (κ1) is 26.1. The molecule has 2 aromatic heterocycles. The number of imidazole rings is 1. The number of fused-ring (bicyclic) bond motifs is 1. The van der Waals surface area contributed by atoms with Crippen molar-refractivity contribution in [3.8, 4) is 33.9 Å². The van der Waals surface area contributed by atoms with E-state index in [1.807, 2.05) is 37.3 Å². The highest BCUT2D eigenvalue weighted by molar-refractivity contribution is 5.93. The molecule has 11 heteroatoms. The Morgan fingerprint density at radius 2 is 1.88 bits per heavy atom. The van der Waals surface area contributed by atoms with Crippen LogP contribution >= 0.6 is 0 Å². The third-order valence-corrected chi connectivity index (χ3v) is 7.10. The highest BCUT2D eigenvalue weighted by Gasteiger charge is 2.35. The van der Waals surface area contributed by atoms with E-state index in [0.717, 1.165) is 11.6 Å². The summed E-state index contributed by atoms with van der Waals surface area (Å²) in [4.78, 5) is 9.38. The molecule has 3 heterocycles. The molecule has 5 aromatic rings. The molecule has 1 N–H and O–H groups in total. The van der Waals surface area contributed by atoms with E-state index in [9.17, 15) is 13.2 Å². The van der Waals surface area contributed by atoms with Crippen LogP contribution in [-0.2, 0) is 24.5 Å². The van der Waals surface area contributed by atoms with Crippen molar-refractivity contribution in [2.24, 2.45) is 7.05 Å². The van der Waals surface area contributed by atoms with E-state index in [4.69, 9.17) is 4.74 Å². The van der Waals surface area contributed by atoms with Gasteiger partial charge in [-0.25, -0.2) is 9.37 Å². The molecule has 1 unspecified atom stereocenters. The molecule has 0 aliphatic carbocycles. The first-order valence-electron chi connectivity index (χ1n) is 12.9. The Hall–Kier alpha value is -4.09. The first-order valence-corrected chi connectivity index (χ1v) is 12.9. The number of H-pyrrole nitrogens is 1. The Bertz CT molecular complexity index is 1680. The number of morpholine rings is 1. The molecular formula is C29H26F4N6O. The second-order valence-corrected chi connectivity index (χ2v) is 10.0. The van der Waals surface area contributed by atoms with E-state index in [0.29, 0.717) is 48.8 Å². The van der Waals surface area contributed by atoms with Crippen LogP contribution in [0.1, 0.15) is 18.1 Å². The standard InChI is InChI=1S/C29H26F4N6O/c1-17-14-39(10-11-40-17)15-18-12-21(29(31,32)33)26-23(13-18)35-27(36-26)25-22(30)9-8-20(19-6-4-3-5-7-19)24(25)28-37-34-16-38(28)2/h3-9,12-13,16-17H,10-11,14-15H2,1-2H3,(H,35,36). The van der Waals surface area contributed by atoms with Crippen molar-refractivity contribution in [3.05, 3.63) is 77.9 Å². The normalized spacial score (nSPS) is 16.6. The molecule has 1 aliphatic heterocycles. The van der Waals surface area contributed by atoms with Gasteiger partial charge in [-0.1, -0.05) is 36.4 Å². The SMILES string of the molecule is CC1CN(Cc2cc(C(F)(F)F)c3[nH]c(-c4c(F)ccc(-c5ccccc5)c4-c4nncn4C)nc3c2)CCO1. The monoisotopic (exact) mass is 550 g/mol. The minimum Gasteiger partial charge on any atom is -0.376 e. The largest absolute Gasteiger partial charge is 0.418 e. The topological polar surface area (TPSA) is 71.9 Å². The number of rotatable bonds is 5. The highest BCUT2D eigenvalue weighted by atomic mass is 19.4. The van der Waals surface area contributed by atoms with E-state index in [-0.39, 0.29) is 28.5 Å². The van der Waals surface area contributed by atoms with Crippen molar-refractivity contribution in [1.29, 1.82) is 0 Å². The third-order valence-electron chi connectivity index (χ3n) is 7.10. The van der Waals surface area contributed by atoms with Crippen LogP contribution in [0.2, 0.25) is 0 Å². The summed E-state index contributed by atoms with van der Waals surface area (Å²) in [6.07, 6.45) is -3.17. The molecule has 1 atom stereocenters. The van der Waals surface area contributed by atoms with Crippen LogP contribution in [0.15, 0.2) is 60.9 Å². The van der Waals surface area contributed by atoms with Crippen molar-refractivity contribution < 1.29 is 22.3 Å². The van der Waals surface area contributed by atoms with Crippen molar-refractivity contribution in [3.63, 3.8) is 0 Å². The molecule has 1 fully saturated rings. The molecule has 1 saturated heterocycles. The quantitative estimate of drug-likeness (QED) is 0.269. The lowest BCUT2D eigenvalue weighted by molar-refractivity contribution is -0.136. The molecule has 3 aromatic carbocycles.